The molecular weight excluding hydrogens is 238 g/mol. The lowest BCUT2D eigenvalue weighted by atomic mass is 10.5. The lowest BCUT2D eigenvalue weighted by Crippen LogP contribution is -2.32. The highest BCUT2D eigenvalue weighted by molar-refractivity contribution is 5.70. The third kappa shape index (κ3) is 1.85. The van der Waals surface area contributed by atoms with Gasteiger partial charge in [0.2, 0.25) is 0 Å². The van der Waals surface area contributed by atoms with Gasteiger partial charge in [-0.2, -0.15) is 0 Å². The number of fused-ring (bicyclic) bond motifs is 1. The highest BCUT2D eigenvalue weighted by Crippen LogP contribution is 2.08. The summed E-state index contributed by atoms with van der Waals surface area (Å²) >= 11 is 0. The van der Waals surface area contributed by atoms with E-state index in [2.05, 4.69) is 9.97 Å². The molecule has 0 radical (unpaired) electrons. The molecule has 0 spiro atoms. The van der Waals surface area contributed by atoms with E-state index in [4.69, 9.17) is 10.5 Å². The molecule has 2 heterocycles. The highest BCUT2D eigenvalue weighted by Gasteiger charge is 2.15. The van der Waals surface area contributed by atoms with Crippen molar-refractivity contribution in [1.82, 2.24) is 19.1 Å². The normalized spacial score (nSPS) is 11.3. The Hall–Kier alpha value is -1.93. The third-order valence-corrected chi connectivity index (χ3v) is 2.81. The maximum absolute atomic E-state index is 11.8. The molecule has 0 unspecified atom stereocenters. The fourth-order valence-corrected chi connectivity index (χ4v) is 1.86. The minimum Gasteiger partial charge on any atom is -0.383 e. The monoisotopic (exact) mass is 253 g/mol. The molecule has 0 saturated heterocycles. The van der Waals surface area contributed by atoms with Crippen LogP contribution in [0, 0.1) is 0 Å². The predicted octanol–water partition coefficient (Wildman–Crippen LogP) is -1.47. The fourth-order valence-electron chi connectivity index (χ4n) is 1.86. The van der Waals surface area contributed by atoms with Crippen LogP contribution in [0.3, 0.4) is 0 Å². The Morgan fingerprint density at radius 2 is 2.17 bits per heavy atom. The third-order valence-electron chi connectivity index (χ3n) is 2.81. The van der Waals surface area contributed by atoms with Crippen LogP contribution in [0.2, 0.25) is 0 Å². The van der Waals surface area contributed by atoms with E-state index in [1.165, 1.54) is 11.7 Å². The Morgan fingerprint density at radius 3 is 2.78 bits per heavy atom. The molecule has 0 aliphatic rings. The summed E-state index contributed by atoms with van der Waals surface area (Å²) in [6.07, 6.45) is 0. The SMILES string of the molecule is COCCn1c(=O)[nH]c(=O)c2c1nc(CN)n2C. The number of rotatable bonds is 4. The summed E-state index contributed by atoms with van der Waals surface area (Å²) in [5.74, 6) is 0.548. The Kier molecular flexibility index (Phi) is 3.30. The molecule has 0 atom stereocenters. The van der Waals surface area contributed by atoms with Crippen molar-refractivity contribution in [1.29, 1.82) is 0 Å². The van der Waals surface area contributed by atoms with E-state index in [1.54, 1.807) is 11.6 Å². The lowest BCUT2D eigenvalue weighted by molar-refractivity contribution is 0.187. The zero-order valence-electron chi connectivity index (χ0n) is 10.3. The van der Waals surface area contributed by atoms with E-state index >= 15 is 0 Å². The molecule has 0 aliphatic heterocycles. The number of methoxy groups -OCH3 is 1. The zero-order valence-corrected chi connectivity index (χ0v) is 10.3. The number of aryl methyl sites for hydroxylation is 1. The Balaban J connectivity index is 2.77. The van der Waals surface area contributed by atoms with Gasteiger partial charge in [-0.05, 0) is 0 Å². The molecule has 98 valence electrons. The van der Waals surface area contributed by atoms with Crippen molar-refractivity contribution in [3.05, 3.63) is 26.7 Å². The summed E-state index contributed by atoms with van der Waals surface area (Å²) < 4.78 is 7.90. The number of aromatic nitrogens is 4. The molecule has 0 fully saturated rings. The number of aromatic amines is 1. The molecular formula is C10H15N5O3. The first kappa shape index (κ1) is 12.5. The van der Waals surface area contributed by atoms with Crippen molar-refractivity contribution in [2.24, 2.45) is 12.8 Å². The van der Waals surface area contributed by atoms with Crippen LogP contribution in [0.25, 0.3) is 11.2 Å². The van der Waals surface area contributed by atoms with E-state index in [-0.39, 0.29) is 6.54 Å². The zero-order chi connectivity index (χ0) is 13.3. The molecule has 2 aromatic rings. The van der Waals surface area contributed by atoms with Crippen LogP contribution in [-0.4, -0.2) is 32.8 Å². The average Bonchev–Trinajstić information content (AvgIpc) is 2.66. The minimum atomic E-state index is -0.494. The fraction of sp³-hybridized carbons (Fsp3) is 0.500. The molecule has 0 saturated carbocycles. The molecule has 8 nitrogen and oxygen atoms in total. The second-order valence-electron chi connectivity index (χ2n) is 3.87. The summed E-state index contributed by atoms with van der Waals surface area (Å²) in [7, 11) is 3.23. The molecule has 2 aromatic heterocycles. The predicted molar refractivity (Wildman–Crippen MR) is 65.4 cm³/mol. The quantitative estimate of drug-likeness (QED) is 0.691. The molecule has 0 bridgehead atoms. The lowest BCUT2D eigenvalue weighted by Gasteiger charge is -2.04. The van der Waals surface area contributed by atoms with Gasteiger partial charge in [-0.25, -0.2) is 9.78 Å². The molecule has 18 heavy (non-hydrogen) atoms. The summed E-state index contributed by atoms with van der Waals surface area (Å²) in [5.41, 5.74) is 5.27. The van der Waals surface area contributed by atoms with Crippen LogP contribution in [-0.2, 0) is 24.9 Å². The van der Waals surface area contributed by atoms with Crippen LogP contribution in [0.5, 0.6) is 0 Å². The topological polar surface area (TPSA) is 108 Å². The van der Waals surface area contributed by atoms with E-state index in [9.17, 15) is 9.59 Å². The van der Waals surface area contributed by atoms with Crippen LogP contribution in [0.4, 0.5) is 0 Å². The van der Waals surface area contributed by atoms with Gasteiger partial charge in [0.15, 0.2) is 11.2 Å². The largest absolute Gasteiger partial charge is 0.383 e. The van der Waals surface area contributed by atoms with Gasteiger partial charge in [0.25, 0.3) is 5.56 Å². The summed E-state index contributed by atoms with van der Waals surface area (Å²) in [6, 6.07) is 0. The molecule has 8 heteroatoms. The number of nitrogens with zero attached hydrogens (tertiary/aromatic N) is 3. The smallest absolute Gasteiger partial charge is 0.330 e. The van der Waals surface area contributed by atoms with Gasteiger partial charge in [-0.3, -0.25) is 14.3 Å². The number of H-pyrrole nitrogens is 1. The number of hydrogen-bond donors (Lipinski definition) is 2. The van der Waals surface area contributed by atoms with Gasteiger partial charge in [0.05, 0.1) is 19.7 Å². The van der Waals surface area contributed by atoms with Crippen molar-refractivity contribution in [2.75, 3.05) is 13.7 Å². The van der Waals surface area contributed by atoms with Crippen LogP contribution in [0.15, 0.2) is 9.59 Å². The van der Waals surface area contributed by atoms with E-state index in [0.717, 1.165) is 0 Å². The van der Waals surface area contributed by atoms with Gasteiger partial charge in [-0.1, -0.05) is 0 Å². The summed E-state index contributed by atoms with van der Waals surface area (Å²) in [5, 5.41) is 0. The van der Waals surface area contributed by atoms with Crippen molar-refractivity contribution in [3.63, 3.8) is 0 Å². The van der Waals surface area contributed by atoms with Crippen molar-refractivity contribution in [2.45, 2.75) is 13.1 Å². The van der Waals surface area contributed by atoms with E-state index < -0.39 is 11.2 Å². The Morgan fingerprint density at radius 1 is 1.44 bits per heavy atom. The molecule has 0 amide bonds. The highest BCUT2D eigenvalue weighted by atomic mass is 16.5. The van der Waals surface area contributed by atoms with Gasteiger partial charge in [0, 0.05) is 14.2 Å². The van der Waals surface area contributed by atoms with Crippen LogP contribution >= 0.6 is 0 Å². The van der Waals surface area contributed by atoms with Crippen LogP contribution in [0.1, 0.15) is 5.82 Å². The average molecular weight is 253 g/mol. The second kappa shape index (κ2) is 4.75. The minimum absolute atomic E-state index is 0.198. The number of imidazole rings is 1. The maximum Gasteiger partial charge on any atom is 0.330 e. The first-order valence-corrected chi connectivity index (χ1v) is 5.47. The van der Waals surface area contributed by atoms with E-state index in [0.29, 0.717) is 30.1 Å². The maximum atomic E-state index is 11.8. The second-order valence-corrected chi connectivity index (χ2v) is 3.87. The van der Waals surface area contributed by atoms with Crippen LogP contribution < -0.4 is 17.0 Å². The number of nitrogens with one attached hydrogen (secondary N) is 1. The standard InChI is InChI=1S/C10H15N5O3/c1-14-6(5-11)12-8-7(14)9(16)13-10(17)15(8)3-4-18-2/h3-5,11H2,1-2H3,(H,13,16,17). The Labute approximate surface area is 102 Å². The molecule has 0 aliphatic carbocycles. The summed E-state index contributed by atoms with van der Waals surface area (Å²) in [4.78, 5) is 30.0. The van der Waals surface area contributed by atoms with Gasteiger partial charge < -0.3 is 15.0 Å². The molecule has 0 aromatic carbocycles. The van der Waals surface area contributed by atoms with Crippen molar-refractivity contribution >= 4 is 11.2 Å². The van der Waals surface area contributed by atoms with Gasteiger partial charge >= 0.3 is 5.69 Å². The summed E-state index contributed by atoms with van der Waals surface area (Å²) in [6.45, 7) is 0.877. The first-order chi connectivity index (χ1) is 8.60. The van der Waals surface area contributed by atoms with Crippen molar-refractivity contribution in [3.8, 4) is 0 Å². The van der Waals surface area contributed by atoms with Gasteiger partial charge in [0.1, 0.15) is 5.82 Å². The number of nitrogens with two attached hydrogens (primary N) is 1. The number of ether oxygens (including phenoxy) is 1. The Bertz CT molecular complexity index is 681. The van der Waals surface area contributed by atoms with Gasteiger partial charge in [-0.15, -0.1) is 0 Å². The molecule has 2 rings (SSSR count). The van der Waals surface area contributed by atoms with E-state index in [1.807, 2.05) is 0 Å². The molecule has 3 N–H and O–H groups in total. The first-order valence-electron chi connectivity index (χ1n) is 5.47. The number of hydrogen-bond acceptors (Lipinski definition) is 5. The van der Waals surface area contributed by atoms with Crippen molar-refractivity contribution < 1.29 is 4.74 Å².